The highest BCUT2D eigenvalue weighted by atomic mass is 16.2. The predicted octanol–water partition coefficient (Wildman–Crippen LogP) is 4.05. The Kier molecular flexibility index (Phi) is 3.19. The Morgan fingerprint density at radius 3 is 1.43 bits per heavy atom. The second-order valence-corrected chi connectivity index (χ2v) is 7.28. The van der Waals surface area contributed by atoms with Crippen molar-refractivity contribution in [2.75, 3.05) is 0 Å². The molecule has 28 heavy (non-hydrogen) atoms. The fourth-order valence-corrected chi connectivity index (χ4v) is 4.41. The monoisotopic (exact) mass is 360 g/mol. The van der Waals surface area contributed by atoms with Gasteiger partial charge in [-0.05, 0) is 23.1 Å². The van der Waals surface area contributed by atoms with Crippen LogP contribution in [-0.4, -0.2) is 21.9 Å². The Balaban J connectivity index is 1.62. The summed E-state index contributed by atoms with van der Waals surface area (Å²) in [5.74, 6) is 0. The van der Waals surface area contributed by atoms with Crippen molar-refractivity contribution in [3.8, 4) is 0 Å². The Morgan fingerprint density at radius 2 is 0.929 bits per heavy atom. The number of hydrogen-bond donors (Lipinski definition) is 3. The van der Waals surface area contributed by atoms with Crippen molar-refractivity contribution in [2.24, 2.45) is 0 Å². The fourth-order valence-electron chi connectivity index (χ4n) is 4.41. The van der Waals surface area contributed by atoms with Crippen LogP contribution >= 0.6 is 0 Å². The molecule has 6 aromatic rings. The number of hydrogen-bond acceptors (Lipinski definition) is 1. The van der Waals surface area contributed by atoms with E-state index in [0.29, 0.717) is 0 Å². The lowest BCUT2D eigenvalue weighted by atomic mass is 9.55. The lowest BCUT2D eigenvalue weighted by molar-refractivity contribution is 0.601. The van der Waals surface area contributed by atoms with E-state index in [0.717, 1.165) is 43.8 Å². The van der Waals surface area contributed by atoms with Gasteiger partial charge in [-0.3, -0.25) is 0 Å². The van der Waals surface area contributed by atoms with Gasteiger partial charge in [-0.1, -0.05) is 72.8 Å². The number of aromatic nitrogens is 2. The molecule has 0 saturated carbocycles. The van der Waals surface area contributed by atoms with Crippen molar-refractivity contribution in [1.82, 2.24) is 9.97 Å². The molecule has 0 unspecified atom stereocenters. The van der Waals surface area contributed by atoms with Gasteiger partial charge in [-0.2, -0.15) is 0 Å². The maximum atomic E-state index is 11.4. The van der Waals surface area contributed by atoms with Gasteiger partial charge in [0.1, 0.15) is 0 Å². The zero-order valence-electron chi connectivity index (χ0n) is 15.1. The molecule has 3 N–H and O–H groups in total. The molecule has 0 spiro atoms. The van der Waals surface area contributed by atoms with Crippen LogP contribution in [0.1, 0.15) is 0 Å². The lowest BCUT2D eigenvalue weighted by Crippen LogP contribution is -2.43. The van der Waals surface area contributed by atoms with Gasteiger partial charge in [0, 0.05) is 43.6 Å². The quantitative estimate of drug-likeness (QED) is 0.401. The van der Waals surface area contributed by atoms with Crippen LogP contribution in [0.5, 0.6) is 0 Å². The van der Waals surface area contributed by atoms with Crippen molar-refractivity contribution in [3.63, 3.8) is 0 Å². The molecule has 3 nitrogen and oxygen atoms in total. The molecule has 0 radical (unpaired) electrons. The Bertz CT molecular complexity index is 1380. The van der Waals surface area contributed by atoms with Crippen molar-refractivity contribution in [3.05, 3.63) is 84.9 Å². The lowest BCUT2D eigenvalue weighted by Gasteiger charge is -2.10. The maximum absolute atomic E-state index is 11.4. The average molecular weight is 360 g/mol. The van der Waals surface area contributed by atoms with Crippen molar-refractivity contribution in [2.45, 2.75) is 0 Å². The Hall–Kier alpha value is -3.50. The minimum Gasteiger partial charge on any atom is -0.443 e. The summed E-state index contributed by atoms with van der Waals surface area (Å²) in [6.07, 6.45) is 0. The van der Waals surface area contributed by atoms with E-state index in [1.807, 2.05) is 48.5 Å². The van der Waals surface area contributed by atoms with Gasteiger partial charge in [-0.15, -0.1) is 0 Å². The van der Waals surface area contributed by atoms with E-state index >= 15 is 0 Å². The molecule has 132 valence electrons. The first-order valence-corrected chi connectivity index (χ1v) is 9.48. The molecule has 0 aliphatic heterocycles. The van der Waals surface area contributed by atoms with Crippen LogP contribution in [0.4, 0.5) is 0 Å². The van der Waals surface area contributed by atoms with Gasteiger partial charge in [-0.25, -0.2) is 0 Å². The van der Waals surface area contributed by atoms with Gasteiger partial charge in [0.15, 0.2) is 0 Å². The molecular formula is C24H17BN2O. The average Bonchev–Trinajstić information content (AvgIpc) is 3.31. The third kappa shape index (κ3) is 2.09. The third-order valence-corrected chi connectivity index (χ3v) is 5.74. The van der Waals surface area contributed by atoms with E-state index in [1.54, 1.807) is 0 Å². The molecule has 2 aromatic heterocycles. The number of benzene rings is 4. The van der Waals surface area contributed by atoms with E-state index in [1.165, 1.54) is 10.8 Å². The summed E-state index contributed by atoms with van der Waals surface area (Å²) < 4.78 is 0. The SMILES string of the molecule is OB(c1cccc2c1[nH]c1ccccc12)c1cccc2c1[nH]c1ccccc12. The van der Waals surface area contributed by atoms with Crippen LogP contribution in [0.25, 0.3) is 43.6 Å². The number of para-hydroxylation sites is 4. The zero-order chi connectivity index (χ0) is 18.7. The van der Waals surface area contributed by atoms with Crippen molar-refractivity contribution < 1.29 is 5.02 Å². The number of H-pyrrole nitrogens is 2. The van der Waals surface area contributed by atoms with Gasteiger partial charge < -0.3 is 15.0 Å². The summed E-state index contributed by atoms with van der Waals surface area (Å²) in [5.41, 5.74) is 5.93. The van der Waals surface area contributed by atoms with E-state index < -0.39 is 6.92 Å². The standard InChI is InChI=1S/C24H17BN2O/c28-25(19-11-5-9-17-15-7-1-3-13-21(15)26-23(17)19)20-12-6-10-18-16-8-2-4-14-22(16)27-24(18)20/h1-14,26-28H. The molecule has 2 heterocycles. The smallest absolute Gasteiger partial charge is 0.363 e. The summed E-state index contributed by atoms with van der Waals surface area (Å²) >= 11 is 0. The summed E-state index contributed by atoms with van der Waals surface area (Å²) in [7, 11) is 0. The van der Waals surface area contributed by atoms with E-state index in [9.17, 15) is 5.02 Å². The molecule has 0 bridgehead atoms. The molecular weight excluding hydrogens is 343 g/mol. The molecule has 0 fully saturated rings. The predicted molar refractivity (Wildman–Crippen MR) is 119 cm³/mol. The number of aromatic amines is 2. The first kappa shape index (κ1) is 15.6. The summed E-state index contributed by atoms with van der Waals surface area (Å²) in [4.78, 5) is 7.00. The van der Waals surface area contributed by atoms with E-state index in [-0.39, 0.29) is 0 Å². The molecule has 0 aliphatic rings. The molecule has 4 aromatic carbocycles. The van der Waals surface area contributed by atoms with Crippen LogP contribution < -0.4 is 10.9 Å². The Labute approximate surface area is 161 Å². The molecule has 0 saturated heterocycles. The molecule has 0 atom stereocenters. The highest BCUT2D eigenvalue weighted by Gasteiger charge is 2.24. The second-order valence-electron chi connectivity index (χ2n) is 7.28. The maximum Gasteiger partial charge on any atom is 0.363 e. The van der Waals surface area contributed by atoms with Crippen LogP contribution in [0.15, 0.2) is 84.9 Å². The number of rotatable bonds is 2. The number of nitrogens with one attached hydrogen (secondary N) is 2. The highest BCUT2D eigenvalue weighted by molar-refractivity contribution is 6.82. The fraction of sp³-hybridized carbons (Fsp3) is 0. The zero-order valence-corrected chi connectivity index (χ0v) is 15.1. The summed E-state index contributed by atoms with van der Waals surface area (Å²) in [6, 6.07) is 28.8. The van der Waals surface area contributed by atoms with Gasteiger partial charge in [0.05, 0.1) is 0 Å². The van der Waals surface area contributed by atoms with Gasteiger partial charge >= 0.3 is 6.92 Å². The van der Waals surface area contributed by atoms with E-state index in [2.05, 4.69) is 46.4 Å². The molecule has 6 rings (SSSR count). The topological polar surface area (TPSA) is 51.8 Å². The van der Waals surface area contributed by atoms with Crippen molar-refractivity contribution in [1.29, 1.82) is 0 Å². The highest BCUT2D eigenvalue weighted by Crippen LogP contribution is 2.26. The third-order valence-electron chi connectivity index (χ3n) is 5.74. The summed E-state index contributed by atoms with van der Waals surface area (Å²) in [6.45, 7) is -0.728. The Morgan fingerprint density at radius 1 is 0.500 bits per heavy atom. The molecule has 4 heteroatoms. The normalized spacial score (nSPS) is 11.8. The first-order valence-electron chi connectivity index (χ1n) is 9.48. The van der Waals surface area contributed by atoms with Crippen LogP contribution in [0.3, 0.4) is 0 Å². The van der Waals surface area contributed by atoms with E-state index in [4.69, 9.17) is 0 Å². The van der Waals surface area contributed by atoms with Crippen LogP contribution in [0.2, 0.25) is 0 Å². The first-order chi connectivity index (χ1) is 13.8. The second kappa shape index (κ2) is 5.75. The largest absolute Gasteiger partial charge is 0.443 e. The number of fused-ring (bicyclic) bond motifs is 6. The van der Waals surface area contributed by atoms with Crippen molar-refractivity contribution >= 4 is 61.5 Å². The van der Waals surface area contributed by atoms with Crippen LogP contribution in [-0.2, 0) is 0 Å². The minimum atomic E-state index is -0.728. The van der Waals surface area contributed by atoms with Crippen LogP contribution in [0, 0.1) is 0 Å². The summed E-state index contributed by atoms with van der Waals surface area (Å²) in [5, 5.41) is 16.0. The molecule has 0 aliphatic carbocycles. The molecule has 0 amide bonds. The minimum absolute atomic E-state index is 0.728. The van der Waals surface area contributed by atoms with Gasteiger partial charge in [0.25, 0.3) is 0 Å². The van der Waals surface area contributed by atoms with Gasteiger partial charge in [0.2, 0.25) is 0 Å².